The van der Waals surface area contributed by atoms with E-state index in [-0.39, 0.29) is 0 Å². The molecule has 1 aromatic heterocycles. The molecule has 18 heavy (non-hydrogen) atoms. The molecule has 0 aliphatic rings. The Morgan fingerprint density at radius 3 is 2.44 bits per heavy atom. The lowest BCUT2D eigenvalue weighted by Crippen LogP contribution is -2.10. The molecule has 0 bridgehead atoms. The van der Waals surface area contributed by atoms with Crippen LogP contribution in [0.3, 0.4) is 0 Å². The number of rotatable bonds is 5. The van der Waals surface area contributed by atoms with Crippen LogP contribution in [-0.4, -0.2) is 15.6 Å². The molecule has 1 N–H and O–H groups in total. The Kier molecular flexibility index (Phi) is 3.82. The number of aromatic nitrogens is 1. The van der Waals surface area contributed by atoms with Gasteiger partial charge in [0.15, 0.2) is 0 Å². The third kappa shape index (κ3) is 2.62. The van der Waals surface area contributed by atoms with Crippen LogP contribution >= 0.6 is 0 Å². The summed E-state index contributed by atoms with van der Waals surface area (Å²) >= 11 is 0. The number of carbonyl (C=O) groups is 1. The van der Waals surface area contributed by atoms with Crippen LogP contribution in [0.15, 0.2) is 42.5 Å². The number of aromatic carboxylic acids is 1. The van der Waals surface area contributed by atoms with Crippen LogP contribution < -0.4 is 0 Å². The van der Waals surface area contributed by atoms with Gasteiger partial charge in [0, 0.05) is 12.2 Å². The van der Waals surface area contributed by atoms with Gasteiger partial charge in [0.25, 0.3) is 0 Å². The molecule has 0 unspecified atom stereocenters. The fourth-order valence-electron chi connectivity index (χ4n) is 2.21. The average molecular weight is 243 g/mol. The lowest BCUT2D eigenvalue weighted by atomic mass is 10.1. The lowest BCUT2D eigenvalue weighted by molar-refractivity contribution is 0.0685. The van der Waals surface area contributed by atoms with Crippen molar-refractivity contribution in [2.24, 2.45) is 0 Å². The van der Waals surface area contributed by atoms with Crippen LogP contribution in [-0.2, 0) is 19.4 Å². The maximum absolute atomic E-state index is 11.0. The summed E-state index contributed by atoms with van der Waals surface area (Å²) in [7, 11) is 0. The first kappa shape index (κ1) is 12.4. The molecular formula is C15H17NO2. The fourth-order valence-corrected chi connectivity index (χ4v) is 2.21. The Hall–Kier alpha value is -2.03. The van der Waals surface area contributed by atoms with E-state index in [1.54, 1.807) is 6.07 Å². The topological polar surface area (TPSA) is 42.2 Å². The average Bonchev–Trinajstić information content (AvgIpc) is 2.80. The molecule has 3 nitrogen and oxygen atoms in total. The van der Waals surface area contributed by atoms with E-state index >= 15 is 0 Å². The third-order valence-electron chi connectivity index (χ3n) is 3.12. The van der Waals surface area contributed by atoms with E-state index < -0.39 is 5.97 Å². The first-order valence-electron chi connectivity index (χ1n) is 6.18. The number of benzene rings is 1. The zero-order valence-electron chi connectivity index (χ0n) is 10.5. The molecule has 94 valence electrons. The maximum Gasteiger partial charge on any atom is 0.352 e. The summed E-state index contributed by atoms with van der Waals surface area (Å²) in [5.41, 5.74) is 2.73. The number of aryl methyl sites for hydroxylation is 2. The predicted octanol–water partition coefficient (Wildman–Crippen LogP) is 2.99. The van der Waals surface area contributed by atoms with Gasteiger partial charge in [0.1, 0.15) is 5.69 Å². The van der Waals surface area contributed by atoms with Crippen molar-refractivity contribution in [1.82, 2.24) is 4.57 Å². The largest absolute Gasteiger partial charge is 0.477 e. The monoisotopic (exact) mass is 243 g/mol. The van der Waals surface area contributed by atoms with E-state index in [1.165, 1.54) is 5.56 Å². The van der Waals surface area contributed by atoms with Crippen LogP contribution in [0.1, 0.15) is 28.7 Å². The van der Waals surface area contributed by atoms with Gasteiger partial charge >= 0.3 is 5.97 Å². The molecule has 0 aliphatic heterocycles. The quantitative estimate of drug-likeness (QED) is 0.877. The molecule has 1 heterocycles. The van der Waals surface area contributed by atoms with Crippen molar-refractivity contribution >= 4 is 5.97 Å². The van der Waals surface area contributed by atoms with E-state index in [9.17, 15) is 4.79 Å². The predicted molar refractivity (Wildman–Crippen MR) is 70.9 cm³/mol. The van der Waals surface area contributed by atoms with Gasteiger partial charge in [-0.3, -0.25) is 0 Å². The first-order chi connectivity index (χ1) is 8.72. The molecule has 0 radical (unpaired) electrons. The summed E-state index contributed by atoms with van der Waals surface area (Å²) in [6, 6.07) is 13.8. The van der Waals surface area contributed by atoms with Crippen LogP contribution in [0.4, 0.5) is 0 Å². The Labute approximate surface area is 107 Å². The minimum absolute atomic E-state index is 0.376. The Bertz CT molecular complexity index is 529. The molecule has 2 rings (SSSR count). The molecule has 0 saturated heterocycles. The molecule has 0 saturated carbocycles. The molecule has 0 fully saturated rings. The van der Waals surface area contributed by atoms with Crippen LogP contribution in [0, 0.1) is 0 Å². The van der Waals surface area contributed by atoms with Gasteiger partial charge in [0.2, 0.25) is 0 Å². The summed E-state index contributed by atoms with van der Waals surface area (Å²) in [6.45, 7) is 2.66. The minimum Gasteiger partial charge on any atom is -0.477 e. The molecule has 1 aromatic carbocycles. The summed E-state index contributed by atoms with van der Waals surface area (Å²) in [4.78, 5) is 11.0. The van der Waals surface area contributed by atoms with E-state index in [0.29, 0.717) is 12.2 Å². The highest BCUT2D eigenvalue weighted by atomic mass is 16.4. The van der Waals surface area contributed by atoms with Crippen molar-refractivity contribution in [3.63, 3.8) is 0 Å². The zero-order valence-corrected chi connectivity index (χ0v) is 10.5. The van der Waals surface area contributed by atoms with Crippen molar-refractivity contribution in [3.05, 3.63) is 59.4 Å². The van der Waals surface area contributed by atoms with Crippen molar-refractivity contribution in [3.8, 4) is 0 Å². The van der Waals surface area contributed by atoms with E-state index in [1.807, 2.05) is 35.8 Å². The lowest BCUT2D eigenvalue weighted by Gasteiger charge is -2.08. The second kappa shape index (κ2) is 5.54. The molecule has 0 aliphatic carbocycles. The van der Waals surface area contributed by atoms with Crippen molar-refractivity contribution < 1.29 is 9.90 Å². The molecule has 2 aromatic rings. The number of hydrogen-bond acceptors (Lipinski definition) is 1. The van der Waals surface area contributed by atoms with Crippen LogP contribution in [0.25, 0.3) is 0 Å². The standard InChI is InChI=1S/C15H17NO2/c1-2-16-13(10-11-14(16)15(17)18)9-8-12-6-4-3-5-7-12/h3-7,10-11H,2,8-9H2,1H3,(H,17,18). The normalized spacial score (nSPS) is 10.5. The second-order valence-electron chi connectivity index (χ2n) is 4.24. The summed E-state index contributed by atoms with van der Waals surface area (Å²) in [5, 5.41) is 9.07. The maximum atomic E-state index is 11.0. The minimum atomic E-state index is -0.859. The zero-order chi connectivity index (χ0) is 13.0. The number of hydrogen-bond donors (Lipinski definition) is 1. The molecule has 3 heteroatoms. The van der Waals surface area contributed by atoms with Gasteiger partial charge in [-0.1, -0.05) is 30.3 Å². The van der Waals surface area contributed by atoms with Gasteiger partial charge < -0.3 is 9.67 Å². The number of carboxylic acids is 1. The van der Waals surface area contributed by atoms with Crippen molar-refractivity contribution in [1.29, 1.82) is 0 Å². The van der Waals surface area contributed by atoms with Gasteiger partial charge in [-0.05, 0) is 37.5 Å². The second-order valence-corrected chi connectivity index (χ2v) is 4.24. The van der Waals surface area contributed by atoms with E-state index in [0.717, 1.165) is 18.5 Å². The molecular weight excluding hydrogens is 226 g/mol. The first-order valence-corrected chi connectivity index (χ1v) is 6.18. The summed E-state index contributed by atoms with van der Waals surface area (Å²) < 4.78 is 1.87. The van der Waals surface area contributed by atoms with Gasteiger partial charge in [-0.15, -0.1) is 0 Å². The van der Waals surface area contributed by atoms with Crippen LogP contribution in [0.2, 0.25) is 0 Å². The van der Waals surface area contributed by atoms with E-state index in [4.69, 9.17) is 5.11 Å². The Balaban J connectivity index is 2.12. The van der Waals surface area contributed by atoms with Crippen LogP contribution in [0.5, 0.6) is 0 Å². The van der Waals surface area contributed by atoms with Crippen molar-refractivity contribution in [2.45, 2.75) is 26.3 Å². The number of nitrogens with zero attached hydrogens (tertiary/aromatic N) is 1. The highest BCUT2D eigenvalue weighted by Gasteiger charge is 2.12. The van der Waals surface area contributed by atoms with Gasteiger partial charge in [-0.25, -0.2) is 4.79 Å². The summed E-state index contributed by atoms with van der Waals surface area (Å²) in [6.07, 6.45) is 1.80. The molecule has 0 amide bonds. The fraction of sp³-hybridized carbons (Fsp3) is 0.267. The van der Waals surface area contributed by atoms with E-state index in [2.05, 4.69) is 12.1 Å². The Morgan fingerprint density at radius 2 is 1.83 bits per heavy atom. The van der Waals surface area contributed by atoms with Crippen molar-refractivity contribution in [2.75, 3.05) is 0 Å². The molecule has 0 atom stereocenters. The molecule has 0 spiro atoms. The Morgan fingerprint density at radius 1 is 1.11 bits per heavy atom. The SMILES string of the molecule is CCn1c(CCc2ccccc2)ccc1C(=O)O. The smallest absolute Gasteiger partial charge is 0.352 e. The highest BCUT2D eigenvalue weighted by Crippen LogP contribution is 2.13. The third-order valence-corrected chi connectivity index (χ3v) is 3.12. The van der Waals surface area contributed by atoms with Gasteiger partial charge in [0.05, 0.1) is 0 Å². The highest BCUT2D eigenvalue weighted by molar-refractivity contribution is 5.86. The number of carboxylic acid groups (broad SMARTS) is 1. The van der Waals surface area contributed by atoms with Gasteiger partial charge in [-0.2, -0.15) is 0 Å². The summed E-state index contributed by atoms with van der Waals surface area (Å²) in [5.74, 6) is -0.859.